The van der Waals surface area contributed by atoms with Crippen molar-refractivity contribution in [1.29, 1.82) is 0 Å². The fourth-order valence-corrected chi connectivity index (χ4v) is 2.03. The highest BCUT2D eigenvalue weighted by molar-refractivity contribution is 7.84. The van der Waals surface area contributed by atoms with E-state index in [9.17, 15) is 4.21 Å². The fraction of sp³-hybridized carbons (Fsp3) is 0.250. The lowest BCUT2D eigenvalue weighted by atomic mass is 10.1. The molecule has 0 spiro atoms. The van der Waals surface area contributed by atoms with Gasteiger partial charge < -0.3 is 0 Å². The number of aliphatic imine (C=N–C) groups is 1. The van der Waals surface area contributed by atoms with Crippen LogP contribution in [0.3, 0.4) is 0 Å². The van der Waals surface area contributed by atoms with Gasteiger partial charge in [-0.15, -0.1) is 0 Å². The molecule has 3 heteroatoms. The SMILES string of the molecule is C=CN=C(C)c1ccc(S(C)=O)cc1C. The molecule has 0 amide bonds. The van der Waals surface area contributed by atoms with Crippen molar-refractivity contribution in [2.45, 2.75) is 18.7 Å². The van der Waals surface area contributed by atoms with Crippen LogP contribution in [0.4, 0.5) is 0 Å². The van der Waals surface area contributed by atoms with Gasteiger partial charge in [0, 0.05) is 33.9 Å². The van der Waals surface area contributed by atoms with Gasteiger partial charge in [-0.05, 0) is 37.1 Å². The standard InChI is InChI=1S/C12H15NOS/c1-5-13-10(3)12-7-6-11(15(4)14)8-9(12)2/h5-8H,1H2,2-4H3. The average molecular weight is 221 g/mol. The lowest BCUT2D eigenvalue weighted by Crippen LogP contribution is -1.99. The van der Waals surface area contributed by atoms with Crippen LogP contribution in [0.2, 0.25) is 0 Å². The minimum atomic E-state index is -0.924. The van der Waals surface area contributed by atoms with E-state index in [0.717, 1.165) is 21.7 Å². The molecule has 0 aromatic heterocycles. The minimum absolute atomic E-state index is 0.850. The lowest BCUT2D eigenvalue weighted by molar-refractivity contribution is 0.686. The minimum Gasteiger partial charge on any atom is -0.262 e. The molecule has 0 saturated heterocycles. The van der Waals surface area contributed by atoms with Gasteiger partial charge in [-0.1, -0.05) is 12.6 Å². The van der Waals surface area contributed by atoms with E-state index in [1.54, 1.807) is 6.26 Å². The second kappa shape index (κ2) is 5.03. The molecule has 1 aromatic rings. The average Bonchev–Trinajstić information content (AvgIpc) is 2.17. The van der Waals surface area contributed by atoms with Crippen LogP contribution < -0.4 is 0 Å². The summed E-state index contributed by atoms with van der Waals surface area (Å²) < 4.78 is 11.3. The zero-order valence-electron chi connectivity index (χ0n) is 9.28. The molecule has 0 radical (unpaired) electrons. The van der Waals surface area contributed by atoms with Crippen molar-refractivity contribution >= 4 is 16.5 Å². The molecule has 80 valence electrons. The van der Waals surface area contributed by atoms with E-state index in [-0.39, 0.29) is 0 Å². The zero-order valence-corrected chi connectivity index (χ0v) is 10.1. The molecule has 1 aromatic carbocycles. The van der Waals surface area contributed by atoms with Gasteiger partial charge in [-0.3, -0.25) is 9.20 Å². The molecule has 2 nitrogen and oxygen atoms in total. The maximum Gasteiger partial charge on any atom is 0.0498 e. The summed E-state index contributed by atoms with van der Waals surface area (Å²) >= 11 is 0. The van der Waals surface area contributed by atoms with E-state index in [1.807, 2.05) is 32.0 Å². The molecular formula is C12H15NOS. The molecule has 0 aliphatic heterocycles. The molecule has 0 aliphatic rings. The first kappa shape index (κ1) is 11.9. The van der Waals surface area contributed by atoms with Crippen LogP contribution in [-0.2, 0) is 10.8 Å². The number of hydrogen-bond acceptors (Lipinski definition) is 2. The highest BCUT2D eigenvalue weighted by Gasteiger charge is 2.04. The van der Waals surface area contributed by atoms with Crippen LogP contribution in [0.1, 0.15) is 18.1 Å². The Balaban J connectivity index is 3.19. The summed E-state index contributed by atoms with van der Waals surface area (Å²) in [6.07, 6.45) is 3.21. The van der Waals surface area contributed by atoms with Crippen LogP contribution in [0, 0.1) is 6.92 Å². The molecule has 0 aliphatic carbocycles. The van der Waals surface area contributed by atoms with E-state index in [4.69, 9.17) is 0 Å². The quantitative estimate of drug-likeness (QED) is 0.722. The predicted octanol–water partition coefficient (Wildman–Crippen LogP) is 2.68. The summed E-state index contributed by atoms with van der Waals surface area (Å²) in [5.41, 5.74) is 3.09. The summed E-state index contributed by atoms with van der Waals surface area (Å²) in [6.45, 7) is 7.50. The Kier molecular flexibility index (Phi) is 3.97. The summed E-state index contributed by atoms with van der Waals surface area (Å²) in [5, 5.41) is 0. The first-order valence-corrected chi connectivity index (χ1v) is 6.22. The van der Waals surface area contributed by atoms with Crippen LogP contribution in [0.25, 0.3) is 0 Å². The van der Waals surface area contributed by atoms with Crippen LogP contribution in [0.15, 0.2) is 40.9 Å². The third kappa shape index (κ3) is 2.86. The van der Waals surface area contributed by atoms with Gasteiger partial charge in [0.2, 0.25) is 0 Å². The first-order valence-electron chi connectivity index (χ1n) is 4.66. The maximum absolute atomic E-state index is 11.3. The molecule has 1 atom stereocenters. The van der Waals surface area contributed by atoms with E-state index < -0.39 is 10.8 Å². The second-order valence-corrected chi connectivity index (χ2v) is 4.71. The maximum atomic E-state index is 11.3. The summed E-state index contributed by atoms with van der Waals surface area (Å²) in [7, 11) is -0.924. The van der Waals surface area contributed by atoms with Crippen molar-refractivity contribution in [2.24, 2.45) is 4.99 Å². The van der Waals surface area contributed by atoms with E-state index in [0.29, 0.717) is 0 Å². The smallest absolute Gasteiger partial charge is 0.0498 e. The van der Waals surface area contributed by atoms with Crippen molar-refractivity contribution < 1.29 is 4.21 Å². The first-order chi connectivity index (χ1) is 7.06. The van der Waals surface area contributed by atoms with Crippen LogP contribution in [0.5, 0.6) is 0 Å². The molecule has 1 rings (SSSR count). The van der Waals surface area contributed by atoms with Gasteiger partial charge in [0.15, 0.2) is 0 Å². The Bertz CT molecular complexity index is 435. The molecule has 1 unspecified atom stereocenters. The number of hydrogen-bond donors (Lipinski definition) is 0. The number of aryl methyl sites for hydroxylation is 1. The zero-order chi connectivity index (χ0) is 11.4. The summed E-state index contributed by atoms with van der Waals surface area (Å²) in [5.74, 6) is 0. The highest BCUT2D eigenvalue weighted by Crippen LogP contribution is 2.14. The monoisotopic (exact) mass is 221 g/mol. The molecule has 0 bridgehead atoms. The van der Waals surface area contributed by atoms with Gasteiger partial charge >= 0.3 is 0 Å². The topological polar surface area (TPSA) is 29.4 Å². The Labute approximate surface area is 93.2 Å². The molecule has 0 N–H and O–H groups in total. The Morgan fingerprint density at radius 2 is 2.20 bits per heavy atom. The Morgan fingerprint density at radius 3 is 2.67 bits per heavy atom. The van der Waals surface area contributed by atoms with Gasteiger partial charge in [-0.25, -0.2) is 0 Å². The van der Waals surface area contributed by atoms with Gasteiger partial charge in [0.05, 0.1) is 0 Å². The molecule has 0 fully saturated rings. The van der Waals surface area contributed by atoms with E-state index >= 15 is 0 Å². The highest BCUT2D eigenvalue weighted by atomic mass is 32.2. The van der Waals surface area contributed by atoms with Gasteiger partial charge in [-0.2, -0.15) is 0 Å². The normalized spacial score (nSPS) is 13.7. The molecule has 0 heterocycles. The Hall–Kier alpha value is -1.22. The van der Waals surface area contributed by atoms with Gasteiger partial charge in [0.1, 0.15) is 0 Å². The van der Waals surface area contributed by atoms with Crippen LogP contribution >= 0.6 is 0 Å². The Morgan fingerprint density at radius 1 is 1.53 bits per heavy atom. The van der Waals surface area contributed by atoms with Crippen molar-refractivity contribution in [3.8, 4) is 0 Å². The van der Waals surface area contributed by atoms with E-state index in [2.05, 4.69) is 11.6 Å². The number of nitrogens with zero attached hydrogens (tertiary/aromatic N) is 1. The number of rotatable bonds is 3. The molecule has 0 saturated carbocycles. The van der Waals surface area contributed by atoms with Crippen molar-refractivity contribution in [3.05, 3.63) is 42.1 Å². The fourth-order valence-electron chi connectivity index (χ4n) is 1.43. The van der Waals surface area contributed by atoms with Crippen LogP contribution in [-0.4, -0.2) is 16.2 Å². The summed E-state index contributed by atoms with van der Waals surface area (Å²) in [4.78, 5) is 4.98. The lowest BCUT2D eigenvalue weighted by Gasteiger charge is -2.06. The third-order valence-electron chi connectivity index (χ3n) is 2.20. The van der Waals surface area contributed by atoms with Crippen molar-refractivity contribution in [2.75, 3.05) is 6.26 Å². The molecule has 15 heavy (non-hydrogen) atoms. The van der Waals surface area contributed by atoms with Crippen molar-refractivity contribution in [1.82, 2.24) is 0 Å². The number of benzene rings is 1. The predicted molar refractivity (Wildman–Crippen MR) is 65.9 cm³/mol. The summed E-state index contributed by atoms with van der Waals surface area (Å²) in [6, 6.07) is 5.77. The second-order valence-electron chi connectivity index (χ2n) is 3.33. The molecular weight excluding hydrogens is 206 g/mol. The largest absolute Gasteiger partial charge is 0.262 e. The third-order valence-corrected chi connectivity index (χ3v) is 3.12. The van der Waals surface area contributed by atoms with E-state index in [1.165, 1.54) is 6.20 Å². The van der Waals surface area contributed by atoms with Gasteiger partial charge in [0.25, 0.3) is 0 Å². The van der Waals surface area contributed by atoms with Crippen molar-refractivity contribution in [3.63, 3.8) is 0 Å².